The molecule has 148 valence electrons. The van der Waals surface area contributed by atoms with Gasteiger partial charge in [-0.05, 0) is 24.3 Å². The van der Waals surface area contributed by atoms with Gasteiger partial charge in [0.15, 0.2) is 0 Å². The largest absolute Gasteiger partial charge is 0.355 e. The highest BCUT2D eigenvalue weighted by atomic mass is 79.9. The topological polar surface area (TPSA) is 161 Å². The van der Waals surface area contributed by atoms with Gasteiger partial charge in [0, 0.05) is 23.1 Å². The number of carbonyl (C=O) groups excluding carboxylic acids is 1. The average molecular weight is 459 g/mol. The summed E-state index contributed by atoms with van der Waals surface area (Å²) in [5, 5.41) is 29.3. The van der Waals surface area contributed by atoms with Crippen LogP contribution >= 0.6 is 15.9 Å². The van der Waals surface area contributed by atoms with Crippen molar-refractivity contribution in [1.82, 2.24) is 15.4 Å². The van der Waals surface area contributed by atoms with E-state index in [0.717, 1.165) is 10.8 Å². The fourth-order valence-corrected chi connectivity index (χ4v) is 2.61. The SMILES string of the molecule is N#CCCN(CCC#N)c1ncnc(NNC(=O)c2ccc(Br)cc2)c1[N+](=O)[O-]. The number of aromatic nitrogens is 2. The van der Waals surface area contributed by atoms with Crippen molar-refractivity contribution in [2.45, 2.75) is 12.8 Å². The Morgan fingerprint density at radius 1 is 1.17 bits per heavy atom. The predicted molar refractivity (Wildman–Crippen MR) is 107 cm³/mol. The van der Waals surface area contributed by atoms with E-state index in [1.54, 1.807) is 24.3 Å². The third-order valence-electron chi connectivity index (χ3n) is 3.67. The summed E-state index contributed by atoms with van der Waals surface area (Å²) < 4.78 is 0.799. The molecule has 1 aromatic carbocycles. The van der Waals surface area contributed by atoms with E-state index in [1.807, 2.05) is 12.1 Å². The second-order valence-corrected chi connectivity index (χ2v) is 6.46. The van der Waals surface area contributed by atoms with Crippen molar-refractivity contribution in [3.05, 3.63) is 50.7 Å². The summed E-state index contributed by atoms with van der Waals surface area (Å²) >= 11 is 3.27. The summed E-state index contributed by atoms with van der Waals surface area (Å²) in [5.74, 6) is -0.780. The smallest absolute Gasteiger partial charge is 0.349 e. The van der Waals surface area contributed by atoms with E-state index in [1.165, 1.54) is 4.90 Å². The van der Waals surface area contributed by atoms with E-state index in [0.29, 0.717) is 5.56 Å². The van der Waals surface area contributed by atoms with Gasteiger partial charge in [-0.3, -0.25) is 25.8 Å². The Labute approximate surface area is 174 Å². The summed E-state index contributed by atoms with van der Waals surface area (Å²) in [6.07, 6.45) is 1.29. The highest BCUT2D eigenvalue weighted by Crippen LogP contribution is 2.31. The van der Waals surface area contributed by atoms with E-state index >= 15 is 0 Å². The minimum absolute atomic E-state index is 0.0455. The molecule has 0 saturated carbocycles. The summed E-state index contributed by atoms with van der Waals surface area (Å²) in [6.45, 7) is 0.307. The number of anilines is 2. The van der Waals surface area contributed by atoms with E-state index < -0.39 is 16.5 Å². The number of benzene rings is 1. The van der Waals surface area contributed by atoms with Gasteiger partial charge >= 0.3 is 5.69 Å². The highest BCUT2D eigenvalue weighted by molar-refractivity contribution is 9.10. The average Bonchev–Trinajstić information content (AvgIpc) is 2.72. The molecule has 0 bridgehead atoms. The lowest BCUT2D eigenvalue weighted by Crippen LogP contribution is -2.31. The molecular weight excluding hydrogens is 444 g/mol. The van der Waals surface area contributed by atoms with Crippen LogP contribution in [0.1, 0.15) is 23.2 Å². The first kappa shape index (κ1) is 21.5. The molecule has 0 aliphatic heterocycles. The van der Waals surface area contributed by atoms with Gasteiger partial charge < -0.3 is 4.90 Å². The van der Waals surface area contributed by atoms with Crippen LogP contribution in [0.15, 0.2) is 35.1 Å². The minimum Gasteiger partial charge on any atom is -0.349 e. The van der Waals surface area contributed by atoms with Crippen molar-refractivity contribution in [2.24, 2.45) is 0 Å². The Balaban J connectivity index is 2.27. The molecule has 1 aromatic heterocycles. The molecule has 29 heavy (non-hydrogen) atoms. The van der Waals surface area contributed by atoms with E-state index in [-0.39, 0.29) is 37.6 Å². The second-order valence-electron chi connectivity index (χ2n) is 5.54. The number of halogens is 1. The Morgan fingerprint density at radius 2 is 1.79 bits per heavy atom. The van der Waals surface area contributed by atoms with E-state index in [2.05, 4.69) is 36.7 Å². The minimum atomic E-state index is -0.685. The number of amides is 1. The van der Waals surface area contributed by atoms with E-state index in [9.17, 15) is 14.9 Å². The van der Waals surface area contributed by atoms with Gasteiger partial charge in [-0.1, -0.05) is 15.9 Å². The van der Waals surface area contributed by atoms with Gasteiger partial charge in [0.1, 0.15) is 6.33 Å². The van der Waals surface area contributed by atoms with Gasteiger partial charge in [0.05, 0.1) is 29.9 Å². The standard InChI is InChI=1S/C17H15BrN8O3/c18-13-5-3-12(4-6-13)17(27)24-23-15-14(26(28)29)16(22-11-21-15)25(9-1-7-19)10-2-8-20/h3-6,11H,1-2,9-10H2,(H,24,27)(H,21,22,23). The van der Waals surface area contributed by atoms with Crippen molar-refractivity contribution in [3.63, 3.8) is 0 Å². The van der Waals surface area contributed by atoms with Gasteiger partial charge in [0.25, 0.3) is 5.91 Å². The highest BCUT2D eigenvalue weighted by Gasteiger charge is 2.27. The number of carbonyl (C=O) groups is 1. The first-order valence-electron chi connectivity index (χ1n) is 8.28. The Morgan fingerprint density at radius 3 is 2.34 bits per heavy atom. The third kappa shape index (κ3) is 5.85. The van der Waals surface area contributed by atoms with Crippen molar-refractivity contribution in [3.8, 4) is 12.1 Å². The van der Waals surface area contributed by atoms with Crippen LogP contribution in [0.5, 0.6) is 0 Å². The number of hydrogen-bond acceptors (Lipinski definition) is 9. The van der Waals surface area contributed by atoms with Gasteiger partial charge in [0.2, 0.25) is 11.6 Å². The molecule has 2 N–H and O–H groups in total. The number of nitriles is 2. The molecule has 0 fully saturated rings. The fourth-order valence-electron chi connectivity index (χ4n) is 2.34. The maximum absolute atomic E-state index is 12.2. The lowest BCUT2D eigenvalue weighted by molar-refractivity contribution is -0.383. The first-order valence-corrected chi connectivity index (χ1v) is 9.07. The Bertz CT molecular complexity index is 950. The van der Waals surface area contributed by atoms with Crippen molar-refractivity contribution < 1.29 is 9.72 Å². The quantitative estimate of drug-likeness (QED) is 0.424. The number of rotatable bonds is 9. The lowest BCUT2D eigenvalue weighted by Gasteiger charge is -2.21. The zero-order chi connectivity index (χ0) is 21.2. The molecule has 1 amide bonds. The van der Waals surface area contributed by atoms with Crippen LogP contribution in [-0.2, 0) is 0 Å². The molecule has 0 spiro atoms. The zero-order valence-corrected chi connectivity index (χ0v) is 16.6. The second kappa shape index (κ2) is 10.5. The van der Waals surface area contributed by atoms with E-state index in [4.69, 9.17) is 10.5 Å². The molecule has 0 saturated heterocycles. The number of nitrogens with zero attached hydrogens (tertiary/aromatic N) is 6. The van der Waals surface area contributed by atoms with Crippen LogP contribution in [0.2, 0.25) is 0 Å². The van der Waals surface area contributed by atoms with Crippen LogP contribution in [-0.4, -0.2) is 33.9 Å². The van der Waals surface area contributed by atoms with Crippen LogP contribution < -0.4 is 15.8 Å². The van der Waals surface area contributed by atoms with Gasteiger partial charge in [-0.2, -0.15) is 10.5 Å². The maximum Gasteiger partial charge on any atom is 0.355 e. The molecule has 1 heterocycles. The molecule has 0 unspecified atom stereocenters. The van der Waals surface area contributed by atoms with Crippen molar-refractivity contribution in [1.29, 1.82) is 10.5 Å². The molecular formula is C17H15BrN8O3. The molecule has 0 atom stereocenters. The summed E-state index contributed by atoms with van der Waals surface area (Å²) in [7, 11) is 0. The summed E-state index contributed by atoms with van der Waals surface area (Å²) in [6, 6.07) is 10.4. The molecule has 0 aliphatic carbocycles. The predicted octanol–water partition coefficient (Wildman–Crippen LogP) is 2.54. The van der Waals surface area contributed by atoms with Crippen molar-refractivity contribution in [2.75, 3.05) is 23.4 Å². The first-order chi connectivity index (χ1) is 14.0. The number of hydrazine groups is 1. The zero-order valence-electron chi connectivity index (χ0n) is 15.0. The van der Waals surface area contributed by atoms with Crippen molar-refractivity contribution >= 4 is 39.2 Å². The number of hydrogen-bond donors (Lipinski definition) is 2. The fraction of sp³-hybridized carbons (Fsp3) is 0.235. The maximum atomic E-state index is 12.2. The molecule has 2 aromatic rings. The molecule has 0 radical (unpaired) electrons. The molecule has 11 nitrogen and oxygen atoms in total. The monoisotopic (exact) mass is 458 g/mol. The number of nitro groups is 1. The Hall–Kier alpha value is -3.77. The molecule has 0 aliphatic rings. The van der Waals surface area contributed by atoms with Crippen LogP contribution in [0.3, 0.4) is 0 Å². The summed E-state index contributed by atoms with van der Waals surface area (Å²) in [5.41, 5.74) is 4.68. The van der Waals surface area contributed by atoms with Crippen LogP contribution in [0.4, 0.5) is 17.3 Å². The summed E-state index contributed by atoms with van der Waals surface area (Å²) in [4.78, 5) is 32.5. The van der Waals surface area contributed by atoms with Crippen LogP contribution in [0, 0.1) is 32.8 Å². The number of nitrogens with one attached hydrogen (secondary N) is 2. The normalized spacial score (nSPS) is 9.76. The van der Waals surface area contributed by atoms with Crippen LogP contribution in [0.25, 0.3) is 0 Å². The third-order valence-corrected chi connectivity index (χ3v) is 4.20. The molecule has 12 heteroatoms. The van der Waals surface area contributed by atoms with Gasteiger partial charge in [-0.15, -0.1) is 0 Å². The Kier molecular flexibility index (Phi) is 7.82. The molecule has 2 rings (SSSR count). The lowest BCUT2D eigenvalue weighted by atomic mass is 10.2. The van der Waals surface area contributed by atoms with Gasteiger partial charge in [-0.25, -0.2) is 9.97 Å².